The minimum absolute atomic E-state index is 0.0827. The van der Waals surface area contributed by atoms with E-state index in [1.54, 1.807) is 0 Å². The van der Waals surface area contributed by atoms with Gasteiger partial charge in [-0.15, -0.1) is 0 Å². The maximum absolute atomic E-state index is 12.7. The zero-order chi connectivity index (χ0) is 21.9. The first-order chi connectivity index (χ1) is 15.7. The second kappa shape index (κ2) is 8.88. The molecule has 2 heterocycles. The molecule has 0 aliphatic heterocycles. The highest BCUT2D eigenvalue weighted by Crippen LogP contribution is 2.50. The summed E-state index contributed by atoms with van der Waals surface area (Å²) in [5.41, 5.74) is 5.23. The molecule has 1 fully saturated rings. The molecule has 2 aromatic carbocycles. The molecule has 1 aliphatic rings. The van der Waals surface area contributed by atoms with E-state index >= 15 is 0 Å². The summed E-state index contributed by atoms with van der Waals surface area (Å²) in [7, 11) is 0. The van der Waals surface area contributed by atoms with E-state index in [1.807, 2.05) is 67.0 Å². The van der Waals surface area contributed by atoms with Crippen molar-refractivity contribution in [2.24, 2.45) is 5.92 Å². The SMILES string of the molecule is CCC(c1ccc(C(=O)c2ccccc2)cc1)C1CC1[n+]1ccc(-c2ccncc2)cc1. The first kappa shape index (κ1) is 20.3. The van der Waals surface area contributed by atoms with Gasteiger partial charge >= 0.3 is 0 Å². The van der Waals surface area contributed by atoms with Gasteiger partial charge in [-0.2, -0.15) is 0 Å². The lowest BCUT2D eigenvalue weighted by molar-refractivity contribution is -0.703. The Balaban J connectivity index is 1.28. The van der Waals surface area contributed by atoms with Crippen LogP contribution in [0.1, 0.15) is 53.2 Å². The van der Waals surface area contributed by atoms with Crippen molar-refractivity contribution in [2.45, 2.75) is 31.7 Å². The number of benzene rings is 2. The summed E-state index contributed by atoms with van der Waals surface area (Å²) in [6.07, 6.45) is 10.4. The number of ketones is 1. The van der Waals surface area contributed by atoms with Crippen LogP contribution in [-0.2, 0) is 0 Å². The number of aromatic nitrogens is 2. The normalized spacial score (nSPS) is 18.2. The largest absolute Gasteiger partial charge is 0.289 e. The minimum atomic E-state index is 0.0827. The molecule has 0 amide bonds. The Morgan fingerprint density at radius 1 is 0.875 bits per heavy atom. The monoisotopic (exact) mass is 419 g/mol. The predicted molar refractivity (Wildman–Crippen MR) is 126 cm³/mol. The maximum atomic E-state index is 12.7. The van der Waals surface area contributed by atoms with Crippen LogP contribution in [0.15, 0.2) is 104 Å². The Morgan fingerprint density at radius 3 is 2.16 bits per heavy atom. The van der Waals surface area contributed by atoms with Gasteiger partial charge in [0.2, 0.25) is 0 Å². The lowest BCUT2D eigenvalue weighted by Crippen LogP contribution is -2.32. The van der Waals surface area contributed by atoms with E-state index in [0.29, 0.717) is 17.9 Å². The number of hydrogen-bond donors (Lipinski definition) is 0. The Bertz CT molecular complexity index is 1190. The molecule has 0 N–H and O–H groups in total. The molecule has 5 rings (SSSR count). The molecule has 0 bridgehead atoms. The van der Waals surface area contributed by atoms with Gasteiger partial charge in [0.15, 0.2) is 24.2 Å². The Hall–Kier alpha value is -3.59. The average Bonchev–Trinajstić information content (AvgIpc) is 3.66. The van der Waals surface area contributed by atoms with Crippen LogP contribution in [0.5, 0.6) is 0 Å². The third-order valence-electron chi connectivity index (χ3n) is 6.65. The fourth-order valence-corrected chi connectivity index (χ4v) is 4.79. The average molecular weight is 420 g/mol. The molecule has 1 aliphatic carbocycles. The Labute approximate surface area is 189 Å². The number of pyridine rings is 2. The molecular weight excluding hydrogens is 392 g/mol. The molecule has 3 unspecified atom stereocenters. The molecule has 2 aromatic heterocycles. The third kappa shape index (κ3) is 4.11. The van der Waals surface area contributed by atoms with E-state index in [1.165, 1.54) is 23.1 Å². The van der Waals surface area contributed by atoms with Crippen molar-refractivity contribution in [3.05, 3.63) is 120 Å². The van der Waals surface area contributed by atoms with Gasteiger partial charge in [0, 0.05) is 48.0 Å². The van der Waals surface area contributed by atoms with E-state index in [2.05, 4.69) is 53.1 Å². The smallest absolute Gasteiger partial charge is 0.193 e. The molecular formula is C29H27N2O+. The van der Waals surface area contributed by atoms with Crippen LogP contribution in [0.4, 0.5) is 0 Å². The molecule has 0 spiro atoms. The Morgan fingerprint density at radius 2 is 1.50 bits per heavy atom. The number of rotatable bonds is 7. The minimum Gasteiger partial charge on any atom is -0.289 e. The standard InChI is InChI=1S/C29H27N2O/c1-2-26(23-8-10-25(11-9-23)29(32)24-6-4-3-5-7-24)27-20-28(27)31-18-14-22(15-19-31)21-12-16-30-17-13-21/h3-19,26-28H,2,20H2,1H3/q+1. The van der Waals surface area contributed by atoms with Gasteiger partial charge in [-0.05, 0) is 41.2 Å². The van der Waals surface area contributed by atoms with Crippen LogP contribution in [0.25, 0.3) is 11.1 Å². The summed E-state index contributed by atoms with van der Waals surface area (Å²) in [6, 6.07) is 26.8. The number of carbonyl (C=O) groups is 1. The van der Waals surface area contributed by atoms with Gasteiger partial charge in [-0.25, -0.2) is 4.57 Å². The first-order valence-corrected chi connectivity index (χ1v) is 11.4. The van der Waals surface area contributed by atoms with Crippen molar-refractivity contribution in [2.75, 3.05) is 0 Å². The van der Waals surface area contributed by atoms with E-state index < -0.39 is 0 Å². The highest BCUT2D eigenvalue weighted by molar-refractivity contribution is 6.08. The van der Waals surface area contributed by atoms with Crippen LogP contribution >= 0.6 is 0 Å². The van der Waals surface area contributed by atoms with Crippen LogP contribution < -0.4 is 4.57 Å². The molecule has 32 heavy (non-hydrogen) atoms. The molecule has 0 radical (unpaired) electrons. The van der Waals surface area contributed by atoms with Crippen LogP contribution in [-0.4, -0.2) is 10.8 Å². The van der Waals surface area contributed by atoms with Gasteiger partial charge in [0.1, 0.15) is 0 Å². The Kier molecular flexibility index (Phi) is 5.64. The zero-order valence-electron chi connectivity index (χ0n) is 18.3. The number of carbonyl (C=O) groups excluding carboxylic acids is 1. The van der Waals surface area contributed by atoms with Crippen LogP contribution in [0, 0.1) is 5.92 Å². The molecule has 4 aromatic rings. The summed E-state index contributed by atoms with van der Waals surface area (Å²) >= 11 is 0. The highest BCUT2D eigenvalue weighted by Gasteiger charge is 2.50. The van der Waals surface area contributed by atoms with E-state index in [9.17, 15) is 4.79 Å². The van der Waals surface area contributed by atoms with Crippen molar-refractivity contribution in [3.63, 3.8) is 0 Å². The molecule has 158 valence electrons. The van der Waals surface area contributed by atoms with Crippen molar-refractivity contribution in [1.29, 1.82) is 0 Å². The summed E-state index contributed by atoms with van der Waals surface area (Å²) < 4.78 is 2.35. The lowest BCUT2D eigenvalue weighted by Gasteiger charge is -2.14. The maximum Gasteiger partial charge on any atom is 0.193 e. The topological polar surface area (TPSA) is 33.8 Å². The molecule has 1 saturated carbocycles. The highest BCUT2D eigenvalue weighted by atomic mass is 16.1. The van der Waals surface area contributed by atoms with Crippen LogP contribution in [0.3, 0.4) is 0 Å². The van der Waals surface area contributed by atoms with Gasteiger partial charge in [-0.3, -0.25) is 9.78 Å². The van der Waals surface area contributed by atoms with E-state index in [-0.39, 0.29) is 5.78 Å². The molecule has 0 saturated heterocycles. The summed E-state index contributed by atoms with van der Waals surface area (Å²) in [4.78, 5) is 16.8. The lowest BCUT2D eigenvalue weighted by atomic mass is 9.90. The van der Waals surface area contributed by atoms with Crippen molar-refractivity contribution in [3.8, 4) is 11.1 Å². The van der Waals surface area contributed by atoms with Gasteiger partial charge in [0.05, 0.1) is 0 Å². The first-order valence-electron chi connectivity index (χ1n) is 11.4. The summed E-state index contributed by atoms with van der Waals surface area (Å²) in [6.45, 7) is 2.26. The van der Waals surface area contributed by atoms with Gasteiger partial charge < -0.3 is 0 Å². The van der Waals surface area contributed by atoms with Crippen LogP contribution in [0.2, 0.25) is 0 Å². The van der Waals surface area contributed by atoms with Crippen molar-refractivity contribution >= 4 is 5.78 Å². The second-order valence-corrected chi connectivity index (χ2v) is 8.57. The molecule has 3 nitrogen and oxygen atoms in total. The van der Waals surface area contributed by atoms with Crippen molar-refractivity contribution < 1.29 is 9.36 Å². The summed E-state index contributed by atoms with van der Waals surface area (Å²) in [5.74, 6) is 1.22. The van der Waals surface area contributed by atoms with Crippen molar-refractivity contribution in [1.82, 2.24) is 4.98 Å². The summed E-state index contributed by atoms with van der Waals surface area (Å²) in [5, 5.41) is 0. The molecule has 3 atom stereocenters. The van der Waals surface area contributed by atoms with Gasteiger partial charge in [-0.1, -0.05) is 61.5 Å². The quantitative estimate of drug-likeness (QED) is 0.271. The fraction of sp³-hybridized carbons (Fsp3) is 0.207. The number of nitrogens with zero attached hydrogens (tertiary/aromatic N) is 2. The number of hydrogen-bond acceptors (Lipinski definition) is 2. The van der Waals surface area contributed by atoms with E-state index in [0.717, 1.165) is 17.5 Å². The zero-order valence-corrected chi connectivity index (χ0v) is 18.3. The molecule has 3 heteroatoms. The van der Waals surface area contributed by atoms with Gasteiger partial charge in [0.25, 0.3) is 0 Å². The van der Waals surface area contributed by atoms with E-state index in [4.69, 9.17) is 0 Å². The fourth-order valence-electron chi connectivity index (χ4n) is 4.79. The predicted octanol–water partition coefficient (Wildman–Crippen LogP) is 6.02. The second-order valence-electron chi connectivity index (χ2n) is 8.57. The third-order valence-corrected chi connectivity index (χ3v) is 6.65.